The van der Waals surface area contributed by atoms with Crippen molar-refractivity contribution in [3.63, 3.8) is 0 Å². The summed E-state index contributed by atoms with van der Waals surface area (Å²) in [6.45, 7) is 0.722. The Morgan fingerprint density at radius 2 is 2.16 bits per heavy atom. The first-order chi connectivity index (χ1) is 12.3. The van der Waals surface area contributed by atoms with Gasteiger partial charge in [-0.05, 0) is 31.4 Å². The Bertz CT molecular complexity index is 863. The van der Waals surface area contributed by atoms with Gasteiger partial charge in [-0.2, -0.15) is 0 Å². The molecule has 1 amide bonds. The van der Waals surface area contributed by atoms with E-state index in [-0.39, 0.29) is 18.6 Å². The van der Waals surface area contributed by atoms with Crippen LogP contribution in [0.15, 0.2) is 42.2 Å². The monoisotopic (exact) mass is 354 g/mol. The van der Waals surface area contributed by atoms with Crippen LogP contribution < -0.4 is 4.74 Å². The highest BCUT2D eigenvalue weighted by atomic mass is 32.1. The quantitative estimate of drug-likeness (QED) is 0.719. The van der Waals surface area contributed by atoms with Crippen molar-refractivity contribution in [3.05, 3.63) is 47.2 Å². The third kappa shape index (κ3) is 3.32. The van der Waals surface area contributed by atoms with Crippen molar-refractivity contribution >= 4 is 28.1 Å². The van der Waals surface area contributed by atoms with E-state index in [1.807, 2.05) is 34.5 Å². The molecule has 0 spiro atoms. The van der Waals surface area contributed by atoms with Crippen LogP contribution in [-0.2, 0) is 4.79 Å². The minimum absolute atomic E-state index is 0.0249. The fourth-order valence-corrected chi connectivity index (χ4v) is 3.98. The Hall–Kier alpha value is -2.54. The number of likely N-dealkylation sites (tertiary alicyclic amines) is 1. The number of aromatic nitrogens is 3. The molecule has 1 aliphatic rings. The number of ether oxygens (including phenoxy) is 1. The van der Waals surface area contributed by atoms with Gasteiger partial charge in [0.25, 0.3) is 5.91 Å². The van der Waals surface area contributed by atoms with Gasteiger partial charge < -0.3 is 9.64 Å². The van der Waals surface area contributed by atoms with Gasteiger partial charge in [-0.1, -0.05) is 12.1 Å². The van der Waals surface area contributed by atoms with Crippen LogP contribution in [0, 0.1) is 0 Å². The molecule has 2 aromatic heterocycles. The van der Waals surface area contributed by atoms with E-state index in [4.69, 9.17) is 4.74 Å². The van der Waals surface area contributed by atoms with Gasteiger partial charge >= 0.3 is 0 Å². The summed E-state index contributed by atoms with van der Waals surface area (Å²) >= 11 is 1.60. The zero-order valence-corrected chi connectivity index (χ0v) is 14.5. The van der Waals surface area contributed by atoms with E-state index in [9.17, 15) is 4.79 Å². The first-order valence-electron chi connectivity index (χ1n) is 8.34. The Labute approximate surface area is 149 Å². The summed E-state index contributed by atoms with van der Waals surface area (Å²) in [5.41, 5.74) is 0.804. The lowest BCUT2D eigenvalue weighted by Gasteiger charge is -2.34. The second-order valence-corrected chi connectivity index (χ2v) is 6.88. The predicted molar refractivity (Wildman–Crippen MR) is 95.5 cm³/mol. The highest BCUT2D eigenvalue weighted by molar-refractivity contribution is 7.09. The van der Waals surface area contributed by atoms with Crippen LogP contribution in [0.5, 0.6) is 5.88 Å². The second-order valence-electron chi connectivity index (χ2n) is 5.95. The van der Waals surface area contributed by atoms with E-state index < -0.39 is 0 Å². The van der Waals surface area contributed by atoms with Gasteiger partial charge in [0.15, 0.2) is 6.61 Å². The molecule has 0 aliphatic carbocycles. The lowest BCUT2D eigenvalue weighted by molar-refractivity contribution is -0.137. The molecule has 0 unspecified atom stereocenters. The molecule has 6 nitrogen and oxygen atoms in total. The fourth-order valence-electron chi connectivity index (χ4n) is 3.19. The Balaban J connectivity index is 1.49. The Morgan fingerprint density at radius 3 is 3.04 bits per heavy atom. The SMILES string of the molecule is O=C(COc1ncnc2ccccc12)N1CCCC[C@H]1c1nccs1. The smallest absolute Gasteiger partial charge is 0.261 e. The number of carbonyl (C=O) groups excluding carboxylic acids is 1. The largest absolute Gasteiger partial charge is 0.467 e. The van der Waals surface area contributed by atoms with Gasteiger partial charge in [-0.25, -0.2) is 15.0 Å². The first kappa shape index (κ1) is 16.0. The van der Waals surface area contributed by atoms with Crippen LogP contribution in [-0.4, -0.2) is 38.9 Å². The molecular weight excluding hydrogens is 336 g/mol. The van der Waals surface area contributed by atoms with Gasteiger partial charge in [0.05, 0.1) is 16.9 Å². The standard InChI is InChI=1S/C18H18N4O2S/c23-16(22-9-4-3-7-15(22)18-19-8-10-25-18)11-24-17-13-5-1-2-6-14(13)20-12-21-17/h1-2,5-6,8,10,12,15H,3-4,7,9,11H2/t15-/m0/s1. The molecule has 25 heavy (non-hydrogen) atoms. The third-order valence-electron chi connectivity index (χ3n) is 4.40. The normalized spacial score (nSPS) is 17.6. The van der Waals surface area contributed by atoms with Gasteiger partial charge in [0.1, 0.15) is 11.3 Å². The van der Waals surface area contributed by atoms with Gasteiger partial charge in [-0.3, -0.25) is 4.79 Å². The molecule has 1 atom stereocenters. The third-order valence-corrected chi connectivity index (χ3v) is 5.28. The summed E-state index contributed by atoms with van der Waals surface area (Å²) in [4.78, 5) is 27.4. The minimum atomic E-state index is -0.0254. The molecule has 128 valence electrons. The van der Waals surface area contributed by atoms with Crippen molar-refractivity contribution in [2.24, 2.45) is 0 Å². The summed E-state index contributed by atoms with van der Waals surface area (Å²) in [5.74, 6) is 0.421. The summed E-state index contributed by atoms with van der Waals surface area (Å²) in [5, 5.41) is 3.77. The number of amides is 1. The molecule has 0 N–H and O–H groups in total. The Morgan fingerprint density at radius 1 is 1.24 bits per heavy atom. The molecule has 1 aromatic carbocycles. The van der Waals surface area contributed by atoms with Gasteiger partial charge in [-0.15, -0.1) is 11.3 Å². The maximum absolute atomic E-state index is 12.7. The van der Waals surface area contributed by atoms with Gasteiger partial charge in [0, 0.05) is 18.1 Å². The van der Waals surface area contributed by atoms with E-state index in [0.717, 1.165) is 41.7 Å². The zero-order valence-electron chi connectivity index (χ0n) is 13.7. The first-order valence-corrected chi connectivity index (χ1v) is 9.22. The number of benzene rings is 1. The number of piperidine rings is 1. The van der Waals surface area contributed by atoms with E-state index in [0.29, 0.717) is 5.88 Å². The predicted octanol–water partition coefficient (Wildman–Crippen LogP) is 3.22. The van der Waals surface area contributed by atoms with Crippen molar-refractivity contribution < 1.29 is 9.53 Å². The van der Waals surface area contributed by atoms with Crippen LogP contribution >= 0.6 is 11.3 Å². The highest BCUT2D eigenvalue weighted by Gasteiger charge is 2.29. The molecule has 0 saturated carbocycles. The summed E-state index contributed by atoms with van der Waals surface area (Å²) in [7, 11) is 0. The number of rotatable bonds is 4. The maximum Gasteiger partial charge on any atom is 0.261 e. The van der Waals surface area contributed by atoms with Crippen molar-refractivity contribution in [1.82, 2.24) is 19.9 Å². The summed E-state index contributed by atoms with van der Waals surface area (Å²) in [6, 6.07) is 7.68. The van der Waals surface area contributed by atoms with Crippen LogP contribution in [0.3, 0.4) is 0 Å². The number of para-hydroxylation sites is 1. The number of fused-ring (bicyclic) bond motifs is 1. The van der Waals surface area contributed by atoms with Crippen molar-refractivity contribution in [3.8, 4) is 5.88 Å². The fraction of sp³-hybridized carbons (Fsp3) is 0.333. The van der Waals surface area contributed by atoms with E-state index in [2.05, 4.69) is 15.0 Å². The van der Waals surface area contributed by atoms with E-state index in [1.54, 1.807) is 17.5 Å². The topological polar surface area (TPSA) is 68.2 Å². The van der Waals surface area contributed by atoms with Crippen molar-refractivity contribution in [2.45, 2.75) is 25.3 Å². The molecule has 1 fully saturated rings. The number of carbonyl (C=O) groups is 1. The average molecular weight is 354 g/mol. The number of hydrogen-bond acceptors (Lipinski definition) is 6. The van der Waals surface area contributed by atoms with Crippen molar-refractivity contribution in [2.75, 3.05) is 13.2 Å². The molecule has 1 saturated heterocycles. The summed E-state index contributed by atoms with van der Waals surface area (Å²) < 4.78 is 5.74. The van der Waals surface area contributed by atoms with E-state index in [1.165, 1.54) is 6.33 Å². The molecular formula is C18H18N4O2S. The van der Waals surface area contributed by atoms with Crippen molar-refractivity contribution in [1.29, 1.82) is 0 Å². The lowest BCUT2D eigenvalue weighted by Crippen LogP contribution is -2.41. The molecule has 0 bridgehead atoms. The molecule has 1 aliphatic heterocycles. The zero-order chi connectivity index (χ0) is 17.1. The molecule has 7 heteroatoms. The summed E-state index contributed by atoms with van der Waals surface area (Å²) in [6.07, 6.45) is 6.34. The second kappa shape index (κ2) is 7.14. The van der Waals surface area contributed by atoms with Crippen LogP contribution in [0.1, 0.15) is 30.3 Å². The van der Waals surface area contributed by atoms with Gasteiger partial charge in [0.2, 0.25) is 5.88 Å². The molecule has 0 radical (unpaired) electrons. The van der Waals surface area contributed by atoms with Crippen LogP contribution in [0.4, 0.5) is 0 Å². The minimum Gasteiger partial charge on any atom is -0.467 e. The van der Waals surface area contributed by atoms with Crippen LogP contribution in [0.25, 0.3) is 10.9 Å². The number of hydrogen-bond donors (Lipinski definition) is 0. The molecule has 3 heterocycles. The van der Waals surface area contributed by atoms with Crippen LogP contribution in [0.2, 0.25) is 0 Å². The Kier molecular flexibility index (Phi) is 4.56. The maximum atomic E-state index is 12.7. The molecule has 4 rings (SSSR count). The number of thiazole rings is 1. The highest BCUT2D eigenvalue weighted by Crippen LogP contribution is 2.32. The number of nitrogens with zero attached hydrogens (tertiary/aromatic N) is 4. The lowest BCUT2D eigenvalue weighted by atomic mass is 10.0. The average Bonchev–Trinajstić information content (AvgIpc) is 3.21. The van der Waals surface area contributed by atoms with E-state index >= 15 is 0 Å². The molecule has 3 aromatic rings.